The SMILES string of the molecule is NC(Cc1ccc(I)cc1)c1cc2sccc2s1. The molecule has 0 saturated carbocycles. The van der Waals surface area contributed by atoms with E-state index in [9.17, 15) is 0 Å². The van der Waals surface area contributed by atoms with Crippen LogP contribution in [-0.2, 0) is 6.42 Å². The summed E-state index contributed by atoms with van der Waals surface area (Å²) in [5.41, 5.74) is 7.61. The van der Waals surface area contributed by atoms with Gasteiger partial charge < -0.3 is 5.73 Å². The second-order valence-electron chi connectivity index (χ2n) is 4.23. The number of fused-ring (bicyclic) bond motifs is 1. The predicted octanol–water partition coefficient (Wildman–Crippen LogP) is 4.81. The number of benzene rings is 1. The molecule has 0 aliphatic rings. The van der Waals surface area contributed by atoms with Gasteiger partial charge >= 0.3 is 0 Å². The molecule has 0 radical (unpaired) electrons. The van der Waals surface area contributed by atoms with E-state index >= 15 is 0 Å². The van der Waals surface area contributed by atoms with Crippen molar-refractivity contribution in [3.63, 3.8) is 0 Å². The Hall–Kier alpha value is -0.430. The van der Waals surface area contributed by atoms with Gasteiger partial charge in [-0.3, -0.25) is 0 Å². The Kier molecular flexibility index (Phi) is 3.70. The summed E-state index contributed by atoms with van der Waals surface area (Å²) < 4.78 is 3.97. The van der Waals surface area contributed by atoms with Crippen LogP contribution < -0.4 is 5.73 Å². The van der Waals surface area contributed by atoms with Crippen LogP contribution in [0.3, 0.4) is 0 Å². The quantitative estimate of drug-likeness (QED) is 0.644. The van der Waals surface area contributed by atoms with Crippen LogP contribution in [0, 0.1) is 3.57 Å². The largest absolute Gasteiger partial charge is 0.323 e. The minimum absolute atomic E-state index is 0.106. The molecule has 1 unspecified atom stereocenters. The van der Waals surface area contributed by atoms with Crippen LogP contribution >= 0.6 is 45.3 Å². The molecule has 0 bridgehead atoms. The third kappa shape index (κ3) is 2.61. The van der Waals surface area contributed by atoms with Gasteiger partial charge in [-0.25, -0.2) is 0 Å². The summed E-state index contributed by atoms with van der Waals surface area (Å²) in [7, 11) is 0. The Morgan fingerprint density at radius 2 is 1.89 bits per heavy atom. The van der Waals surface area contributed by atoms with Crippen LogP contribution in [-0.4, -0.2) is 0 Å². The summed E-state index contributed by atoms with van der Waals surface area (Å²) in [5.74, 6) is 0. The molecule has 2 N–H and O–H groups in total. The third-order valence-electron chi connectivity index (χ3n) is 2.89. The average molecular weight is 385 g/mol. The van der Waals surface area contributed by atoms with Crippen LogP contribution in [0.2, 0.25) is 0 Å². The minimum atomic E-state index is 0.106. The van der Waals surface area contributed by atoms with Gasteiger partial charge in [0.15, 0.2) is 0 Å². The van der Waals surface area contributed by atoms with Crippen molar-refractivity contribution in [2.45, 2.75) is 12.5 Å². The molecule has 1 atom stereocenters. The highest BCUT2D eigenvalue weighted by atomic mass is 127. The third-order valence-corrected chi connectivity index (χ3v) is 5.84. The lowest BCUT2D eigenvalue weighted by molar-refractivity contribution is 0.737. The second-order valence-corrected chi connectivity index (χ2v) is 7.54. The first-order valence-electron chi connectivity index (χ1n) is 5.69. The van der Waals surface area contributed by atoms with E-state index in [-0.39, 0.29) is 6.04 Å². The summed E-state index contributed by atoms with van der Waals surface area (Å²) >= 11 is 5.93. The van der Waals surface area contributed by atoms with Crippen molar-refractivity contribution in [2.75, 3.05) is 0 Å². The van der Waals surface area contributed by atoms with Crippen molar-refractivity contribution in [3.05, 3.63) is 55.8 Å². The lowest BCUT2D eigenvalue weighted by Crippen LogP contribution is -2.11. The van der Waals surface area contributed by atoms with Crippen LogP contribution in [0.1, 0.15) is 16.5 Å². The first-order chi connectivity index (χ1) is 8.72. The van der Waals surface area contributed by atoms with E-state index in [1.807, 2.05) is 11.3 Å². The Bertz CT molecular complexity index is 625. The van der Waals surface area contributed by atoms with E-state index in [0.29, 0.717) is 0 Å². The van der Waals surface area contributed by atoms with Crippen molar-refractivity contribution < 1.29 is 0 Å². The fraction of sp³-hybridized carbons (Fsp3) is 0.143. The number of rotatable bonds is 3. The molecule has 0 spiro atoms. The molecule has 3 aromatic rings. The second kappa shape index (κ2) is 5.28. The van der Waals surface area contributed by atoms with Gasteiger partial charge in [0.2, 0.25) is 0 Å². The Morgan fingerprint density at radius 1 is 1.11 bits per heavy atom. The number of nitrogens with two attached hydrogens (primary N) is 1. The topological polar surface area (TPSA) is 26.0 Å². The summed E-state index contributed by atoms with van der Waals surface area (Å²) in [5, 5.41) is 2.13. The molecule has 0 aliphatic heterocycles. The van der Waals surface area contributed by atoms with Gasteiger partial charge in [-0.05, 0) is 64.2 Å². The molecule has 3 rings (SSSR count). The van der Waals surface area contributed by atoms with Crippen molar-refractivity contribution in [1.82, 2.24) is 0 Å². The monoisotopic (exact) mass is 385 g/mol. The smallest absolute Gasteiger partial charge is 0.0454 e. The molecule has 2 heterocycles. The highest BCUT2D eigenvalue weighted by Crippen LogP contribution is 2.33. The van der Waals surface area contributed by atoms with E-state index in [0.717, 1.165) is 6.42 Å². The van der Waals surface area contributed by atoms with E-state index in [2.05, 4.69) is 64.4 Å². The number of halogens is 1. The predicted molar refractivity (Wildman–Crippen MR) is 89.5 cm³/mol. The zero-order valence-corrected chi connectivity index (χ0v) is 13.4. The standard InChI is InChI=1S/C14H12INS2/c15-10-3-1-9(2-4-10)7-11(16)13-8-14-12(18-13)5-6-17-14/h1-6,8,11H,7,16H2. The zero-order chi connectivity index (χ0) is 12.5. The highest BCUT2D eigenvalue weighted by Gasteiger charge is 2.11. The molecule has 92 valence electrons. The maximum Gasteiger partial charge on any atom is 0.0454 e. The first kappa shape index (κ1) is 12.6. The molecular weight excluding hydrogens is 373 g/mol. The van der Waals surface area contributed by atoms with E-state index in [1.165, 1.54) is 23.4 Å². The van der Waals surface area contributed by atoms with Crippen LogP contribution in [0.4, 0.5) is 0 Å². The van der Waals surface area contributed by atoms with E-state index < -0.39 is 0 Å². The lowest BCUT2D eigenvalue weighted by atomic mass is 10.1. The molecule has 4 heteroatoms. The van der Waals surface area contributed by atoms with E-state index in [1.54, 1.807) is 11.3 Å². The Labute approximate surface area is 128 Å². The van der Waals surface area contributed by atoms with Crippen molar-refractivity contribution in [1.29, 1.82) is 0 Å². The van der Waals surface area contributed by atoms with Crippen molar-refractivity contribution in [2.24, 2.45) is 5.73 Å². The van der Waals surface area contributed by atoms with Gasteiger partial charge in [0.05, 0.1) is 0 Å². The summed E-state index contributed by atoms with van der Waals surface area (Å²) in [6, 6.07) is 13.1. The molecule has 1 aromatic carbocycles. The fourth-order valence-corrected chi connectivity index (χ4v) is 4.42. The minimum Gasteiger partial charge on any atom is -0.323 e. The Morgan fingerprint density at radius 3 is 2.61 bits per heavy atom. The first-order valence-corrected chi connectivity index (χ1v) is 8.47. The molecule has 0 aliphatic carbocycles. The molecule has 0 saturated heterocycles. The van der Waals surface area contributed by atoms with Crippen LogP contribution in [0.15, 0.2) is 41.8 Å². The average Bonchev–Trinajstić information content (AvgIpc) is 2.92. The summed E-state index contributed by atoms with van der Waals surface area (Å²) in [6.45, 7) is 0. The molecular formula is C14H12INS2. The van der Waals surface area contributed by atoms with Gasteiger partial charge in [0.1, 0.15) is 0 Å². The van der Waals surface area contributed by atoms with Gasteiger partial charge in [-0.2, -0.15) is 0 Å². The number of hydrogen-bond acceptors (Lipinski definition) is 3. The van der Waals surface area contributed by atoms with Crippen molar-refractivity contribution >= 4 is 54.7 Å². The maximum absolute atomic E-state index is 6.30. The summed E-state index contributed by atoms with van der Waals surface area (Å²) in [6.07, 6.45) is 0.907. The molecule has 1 nitrogen and oxygen atoms in total. The molecule has 2 aromatic heterocycles. The van der Waals surface area contributed by atoms with Gasteiger partial charge in [-0.15, -0.1) is 22.7 Å². The van der Waals surface area contributed by atoms with E-state index in [4.69, 9.17) is 5.73 Å². The van der Waals surface area contributed by atoms with Crippen molar-refractivity contribution in [3.8, 4) is 0 Å². The zero-order valence-electron chi connectivity index (χ0n) is 9.60. The molecule has 0 fully saturated rings. The normalized spacial score (nSPS) is 13.0. The molecule has 18 heavy (non-hydrogen) atoms. The summed E-state index contributed by atoms with van der Waals surface area (Å²) in [4.78, 5) is 1.29. The number of thiophene rings is 2. The van der Waals surface area contributed by atoms with Gasteiger partial charge in [-0.1, -0.05) is 12.1 Å². The van der Waals surface area contributed by atoms with Gasteiger partial charge in [0, 0.05) is 23.9 Å². The lowest BCUT2D eigenvalue weighted by Gasteiger charge is -2.09. The fourth-order valence-electron chi connectivity index (χ4n) is 1.94. The van der Waals surface area contributed by atoms with Crippen LogP contribution in [0.5, 0.6) is 0 Å². The number of hydrogen-bond donors (Lipinski definition) is 1. The maximum atomic E-state index is 6.30. The van der Waals surface area contributed by atoms with Crippen LogP contribution in [0.25, 0.3) is 9.40 Å². The Balaban J connectivity index is 1.80. The molecule has 0 amide bonds. The van der Waals surface area contributed by atoms with Gasteiger partial charge in [0.25, 0.3) is 0 Å². The highest BCUT2D eigenvalue weighted by molar-refractivity contribution is 14.1.